The molecule has 1 aromatic carbocycles. The Labute approximate surface area is 145 Å². The number of hydrogen-bond acceptors (Lipinski definition) is 2. The maximum Gasteiger partial charge on any atom is 0.312 e. The van der Waals surface area contributed by atoms with Crippen LogP contribution in [-0.4, -0.2) is 36.6 Å². The molecule has 1 aliphatic carbocycles. The normalized spacial score (nSPS) is 28.4. The Morgan fingerprint density at radius 2 is 1.88 bits per heavy atom. The third-order valence-electron chi connectivity index (χ3n) is 5.82. The third-order valence-corrected chi connectivity index (χ3v) is 5.82. The number of piperidine rings is 1. The number of benzene rings is 1. The Kier molecular flexibility index (Phi) is 6.13. The van der Waals surface area contributed by atoms with Crippen molar-refractivity contribution in [2.24, 2.45) is 11.7 Å². The summed E-state index contributed by atoms with van der Waals surface area (Å²) in [6, 6.07) is 10.9. The Morgan fingerprint density at radius 1 is 1.12 bits per heavy atom. The van der Waals surface area contributed by atoms with Crippen LogP contribution in [0.1, 0.15) is 56.4 Å². The molecule has 4 nitrogen and oxygen atoms in total. The summed E-state index contributed by atoms with van der Waals surface area (Å²) in [4.78, 5) is 13.6. The lowest BCUT2D eigenvalue weighted by molar-refractivity contribution is 0.180. The quantitative estimate of drug-likeness (QED) is 0.869. The van der Waals surface area contributed by atoms with Crippen LogP contribution in [0.4, 0.5) is 4.79 Å². The highest BCUT2D eigenvalue weighted by Gasteiger charge is 2.24. The van der Waals surface area contributed by atoms with Crippen LogP contribution in [0.2, 0.25) is 0 Å². The molecular formula is C20H31N3O. The van der Waals surface area contributed by atoms with Crippen molar-refractivity contribution in [2.45, 2.75) is 56.9 Å². The van der Waals surface area contributed by atoms with Crippen molar-refractivity contribution in [1.82, 2.24) is 10.2 Å². The first kappa shape index (κ1) is 17.3. The van der Waals surface area contributed by atoms with Crippen molar-refractivity contribution >= 4 is 6.03 Å². The van der Waals surface area contributed by atoms with Crippen LogP contribution in [0.15, 0.2) is 30.3 Å². The second-order valence-electron chi connectivity index (χ2n) is 7.57. The minimum atomic E-state index is -0.376. The van der Waals surface area contributed by atoms with Gasteiger partial charge < -0.3 is 16.0 Å². The van der Waals surface area contributed by atoms with E-state index in [0.717, 1.165) is 18.8 Å². The fourth-order valence-electron chi connectivity index (χ4n) is 4.42. The standard InChI is InChI=1S/C20H31N3O/c21-20(24)22-19-10-8-16(9-11-19)12-14-23-13-4-7-18(15-23)17-5-2-1-3-6-17/h1-3,5-6,16,18-19H,4,7-15H2,(H3,21,22,24)/t16-,18?,19-. The Bertz CT molecular complexity index is 511. The van der Waals surface area contributed by atoms with Gasteiger partial charge in [0.15, 0.2) is 0 Å². The van der Waals surface area contributed by atoms with Gasteiger partial charge in [-0.25, -0.2) is 4.79 Å². The molecule has 132 valence electrons. The summed E-state index contributed by atoms with van der Waals surface area (Å²) < 4.78 is 0. The monoisotopic (exact) mass is 329 g/mol. The van der Waals surface area contributed by atoms with Crippen molar-refractivity contribution in [3.63, 3.8) is 0 Å². The maximum absolute atomic E-state index is 10.9. The lowest BCUT2D eigenvalue weighted by atomic mass is 9.83. The number of primary amides is 1. The van der Waals surface area contributed by atoms with E-state index < -0.39 is 0 Å². The molecule has 1 heterocycles. The molecule has 1 saturated heterocycles. The minimum absolute atomic E-state index is 0.302. The Balaban J connectivity index is 1.40. The first-order chi connectivity index (χ1) is 11.7. The van der Waals surface area contributed by atoms with Crippen molar-refractivity contribution in [2.75, 3.05) is 19.6 Å². The molecule has 3 rings (SSSR count). The molecule has 3 N–H and O–H groups in total. The summed E-state index contributed by atoms with van der Waals surface area (Å²) in [6.45, 7) is 3.69. The van der Waals surface area contributed by atoms with E-state index in [1.165, 1.54) is 57.3 Å². The minimum Gasteiger partial charge on any atom is -0.352 e. The highest BCUT2D eigenvalue weighted by Crippen LogP contribution is 2.30. The second kappa shape index (κ2) is 8.52. The van der Waals surface area contributed by atoms with Crippen LogP contribution in [0, 0.1) is 5.92 Å². The number of rotatable bonds is 5. The van der Waals surface area contributed by atoms with Gasteiger partial charge in [0.25, 0.3) is 0 Å². The predicted octanol–water partition coefficient (Wildman–Crippen LogP) is 3.48. The fourth-order valence-corrected chi connectivity index (χ4v) is 4.42. The Morgan fingerprint density at radius 3 is 2.58 bits per heavy atom. The molecule has 0 aromatic heterocycles. The average molecular weight is 329 g/mol. The smallest absolute Gasteiger partial charge is 0.312 e. The Hall–Kier alpha value is -1.55. The molecule has 2 fully saturated rings. The van der Waals surface area contributed by atoms with Gasteiger partial charge in [-0.05, 0) is 75.4 Å². The number of nitrogens with zero attached hydrogens (tertiary/aromatic N) is 1. The SMILES string of the molecule is NC(=O)N[C@H]1CC[C@H](CCN2CCCC(c3ccccc3)C2)CC1. The van der Waals surface area contributed by atoms with Crippen molar-refractivity contribution in [3.8, 4) is 0 Å². The van der Waals surface area contributed by atoms with Crippen molar-refractivity contribution in [3.05, 3.63) is 35.9 Å². The summed E-state index contributed by atoms with van der Waals surface area (Å²) in [5.41, 5.74) is 6.72. The lowest BCUT2D eigenvalue weighted by Gasteiger charge is -2.35. The van der Waals surface area contributed by atoms with E-state index in [2.05, 4.69) is 40.5 Å². The molecule has 1 unspecified atom stereocenters. The highest BCUT2D eigenvalue weighted by atomic mass is 16.2. The van der Waals surface area contributed by atoms with E-state index in [9.17, 15) is 4.79 Å². The molecule has 4 heteroatoms. The van der Waals surface area contributed by atoms with Gasteiger partial charge in [-0.15, -0.1) is 0 Å². The van der Waals surface area contributed by atoms with E-state index in [0.29, 0.717) is 12.0 Å². The summed E-state index contributed by atoms with van der Waals surface area (Å²) >= 11 is 0. The lowest BCUT2D eigenvalue weighted by Crippen LogP contribution is -2.41. The third kappa shape index (κ3) is 4.97. The van der Waals surface area contributed by atoms with Crippen LogP contribution in [-0.2, 0) is 0 Å². The molecule has 1 atom stereocenters. The molecule has 2 amide bonds. The number of hydrogen-bond donors (Lipinski definition) is 2. The number of nitrogens with two attached hydrogens (primary N) is 1. The number of likely N-dealkylation sites (tertiary alicyclic amines) is 1. The van der Waals surface area contributed by atoms with E-state index in [4.69, 9.17) is 5.73 Å². The summed E-state index contributed by atoms with van der Waals surface area (Å²) in [7, 11) is 0. The number of carbonyl (C=O) groups excluding carboxylic acids is 1. The van der Waals surface area contributed by atoms with Gasteiger partial charge >= 0.3 is 6.03 Å². The number of amides is 2. The first-order valence-corrected chi connectivity index (χ1v) is 9.54. The molecular weight excluding hydrogens is 298 g/mol. The van der Waals surface area contributed by atoms with Crippen LogP contribution in [0.5, 0.6) is 0 Å². The van der Waals surface area contributed by atoms with E-state index in [1.807, 2.05) is 0 Å². The number of urea groups is 1. The molecule has 2 aliphatic rings. The van der Waals surface area contributed by atoms with E-state index in [-0.39, 0.29) is 6.03 Å². The van der Waals surface area contributed by atoms with Crippen molar-refractivity contribution in [1.29, 1.82) is 0 Å². The molecule has 0 spiro atoms. The van der Waals surface area contributed by atoms with Gasteiger partial charge in [0.2, 0.25) is 0 Å². The maximum atomic E-state index is 10.9. The van der Waals surface area contributed by atoms with Gasteiger partial charge in [-0.2, -0.15) is 0 Å². The summed E-state index contributed by atoms with van der Waals surface area (Å²) in [5.74, 6) is 1.52. The van der Waals surface area contributed by atoms with Crippen LogP contribution in [0.3, 0.4) is 0 Å². The van der Waals surface area contributed by atoms with Gasteiger partial charge in [0.1, 0.15) is 0 Å². The average Bonchev–Trinajstić information content (AvgIpc) is 2.62. The van der Waals surface area contributed by atoms with Crippen molar-refractivity contribution < 1.29 is 4.79 Å². The summed E-state index contributed by atoms with van der Waals surface area (Å²) in [6.07, 6.45) is 8.55. The molecule has 1 saturated carbocycles. The topological polar surface area (TPSA) is 58.4 Å². The summed E-state index contributed by atoms with van der Waals surface area (Å²) in [5, 5.41) is 2.86. The van der Waals surface area contributed by atoms with Gasteiger partial charge in [0, 0.05) is 12.6 Å². The number of carbonyl (C=O) groups is 1. The number of nitrogens with one attached hydrogen (secondary N) is 1. The molecule has 0 bridgehead atoms. The van der Waals surface area contributed by atoms with Gasteiger partial charge in [-0.3, -0.25) is 0 Å². The van der Waals surface area contributed by atoms with Crippen LogP contribution >= 0.6 is 0 Å². The zero-order valence-corrected chi connectivity index (χ0v) is 14.6. The van der Waals surface area contributed by atoms with Gasteiger partial charge in [0.05, 0.1) is 0 Å². The van der Waals surface area contributed by atoms with E-state index in [1.54, 1.807) is 0 Å². The van der Waals surface area contributed by atoms with Crippen LogP contribution < -0.4 is 11.1 Å². The van der Waals surface area contributed by atoms with Crippen LogP contribution in [0.25, 0.3) is 0 Å². The molecule has 1 aromatic rings. The predicted molar refractivity (Wildman–Crippen MR) is 97.9 cm³/mol. The molecule has 24 heavy (non-hydrogen) atoms. The zero-order valence-electron chi connectivity index (χ0n) is 14.6. The second-order valence-corrected chi connectivity index (χ2v) is 7.57. The first-order valence-electron chi connectivity index (χ1n) is 9.54. The molecule has 1 aliphatic heterocycles. The highest BCUT2D eigenvalue weighted by molar-refractivity contribution is 5.71. The zero-order chi connectivity index (χ0) is 16.8. The van der Waals surface area contributed by atoms with Gasteiger partial charge in [-0.1, -0.05) is 30.3 Å². The van der Waals surface area contributed by atoms with E-state index >= 15 is 0 Å². The fraction of sp³-hybridized carbons (Fsp3) is 0.650. The largest absolute Gasteiger partial charge is 0.352 e. The molecule has 0 radical (unpaired) electrons.